The lowest BCUT2D eigenvalue weighted by Gasteiger charge is -2.29. The number of aromatic nitrogens is 1. The van der Waals surface area contributed by atoms with Crippen LogP contribution in [0.15, 0.2) is 34.4 Å². The fourth-order valence-corrected chi connectivity index (χ4v) is 4.92. The molecule has 1 aliphatic rings. The summed E-state index contributed by atoms with van der Waals surface area (Å²) in [5.74, 6) is 0.287. The number of hydrogen-bond donors (Lipinski definition) is 2. The average Bonchev–Trinajstić information content (AvgIpc) is 3.21. The molecule has 0 saturated carbocycles. The smallest absolute Gasteiger partial charge is 0.266 e. The molecule has 0 spiro atoms. The zero-order chi connectivity index (χ0) is 19.7. The third kappa shape index (κ3) is 3.48. The second-order valence-corrected chi connectivity index (χ2v) is 8.22. The van der Waals surface area contributed by atoms with Crippen LogP contribution in [0.3, 0.4) is 0 Å². The number of pyridine rings is 1. The highest BCUT2D eigenvalue weighted by Gasteiger charge is 2.20. The van der Waals surface area contributed by atoms with Crippen LogP contribution in [0.5, 0.6) is 5.75 Å². The Kier molecular flexibility index (Phi) is 5.53. The first-order chi connectivity index (χ1) is 13.6. The van der Waals surface area contributed by atoms with E-state index in [1.807, 2.05) is 11.4 Å². The van der Waals surface area contributed by atoms with Gasteiger partial charge in [0.2, 0.25) is 0 Å². The van der Waals surface area contributed by atoms with Gasteiger partial charge in [-0.15, -0.1) is 11.3 Å². The van der Waals surface area contributed by atoms with Gasteiger partial charge in [-0.3, -0.25) is 9.69 Å². The van der Waals surface area contributed by atoms with Crippen LogP contribution >= 0.6 is 11.3 Å². The molecular formula is C22H27N3O2S. The maximum Gasteiger partial charge on any atom is 0.266 e. The summed E-state index contributed by atoms with van der Waals surface area (Å²) in [6.07, 6.45) is 3.14. The maximum atomic E-state index is 12.3. The number of benzene rings is 1. The van der Waals surface area contributed by atoms with Crippen LogP contribution < -0.4 is 5.56 Å². The Bertz CT molecular complexity index is 1080. The molecule has 0 bridgehead atoms. The number of hydrogen-bond acceptors (Lipinski definition) is 5. The van der Waals surface area contributed by atoms with Gasteiger partial charge in [-0.25, -0.2) is 0 Å². The summed E-state index contributed by atoms with van der Waals surface area (Å²) >= 11 is 1.45. The Morgan fingerprint density at radius 3 is 2.79 bits per heavy atom. The summed E-state index contributed by atoms with van der Waals surface area (Å²) in [4.78, 5) is 20.2. The minimum absolute atomic E-state index is 0.0608. The molecule has 148 valence electrons. The van der Waals surface area contributed by atoms with Crippen molar-refractivity contribution in [2.75, 3.05) is 39.3 Å². The molecule has 2 aromatic heterocycles. The molecule has 1 aromatic carbocycles. The van der Waals surface area contributed by atoms with E-state index in [2.05, 4.69) is 34.7 Å². The van der Waals surface area contributed by atoms with Crippen molar-refractivity contribution >= 4 is 37.9 Å². The Balaban J connectivity index is 1.67. The first-order valence-electron chi connectivity index (χ1n) is 10.0. The van der Waals surface area contributed by atoms with E-state index in [0.717, 1.165) is 72.2 Å². The highest BCUT2D eigenvalue weighted by molar-refractivity contribution is 7.17. The molecule has 4 rings (SSSR count). The fraction of sp³-hybridized carbons (Fsp3) is 0.409. The van der Waals surface area contributed by atoms with Crippen LogP contribution in [-0.4, -0.2) is 59.2 Å². The van der Waals surface area contributed by atoms with Crippen molar-refractivity contribution in [3.8, 4) is 5.75 Å². The number of thiophene rings is 1. The lowest BCUT2D eigenvalue weighted by Crippen LogP contribution is -2.37. The van der Waals surface area contributed by atoms with E-state index in [0.29, 0.717) is 0 Å². The van der Waals surface area contributed by atoms with Crippen molar-refractivity contribution in [3.63, 3.8) is 0 Å². The molecule has 6 heteroatoms. The van der Waals surface area contributed by atoms with Gasteiger partial charge in [0.1, 0.15) is 10.4 Å². The van der Waals surface area contributed by atoms with Crippen LogP contribution in [-0.2, 0) is 0 Å². The van der Waals surface area contributed by atoms with Crippen molar-refractivity contribution < 1.29 is 5.11 Å². The topological polar surface area (TPSA) is 59.6 Å². The van der Waals surface area contributed by atoms with E-state index in [4.69, 9.17) is 0 Å². The zero-order valence-corrected chi connectivity index (χ0v) is 17.3. The Morgan fingerprint density at radius 2 is 2.07 bits per heavy atom. The summed E-state index contributed by atoms with van der Waals surface area (Å²) in [5, 5.41) is 14.5. The van der Waals surface area contributed by atoms with Crippen molar-refractivity contribution in [1.29, 1.82) is 0 Å². The maximum absolute atomic E-state index is 12.3. The van der Waals surface area contributed by atoms with Gasteiger partial charge in [0.15, 0.2) is 0 Å². The van der Waals surface area contributed by atoms with Crippen LogP contribution in [0.2, 0.25) is 0 Å². The van der Waals surface area contributed by atoms with Gasteiger partial charge in [-0.05, 0) is 48.7 Å². The van der Waals surface area contributed by atoms with E-state index in [-0.39, 0.29) is 11.3 Å². The summed E-state index contributed by atoms with van der Waals surface area (Å²) in [6, 6.07) is 5.48. The highest BCUT2D eigenvalue weighted by atomic mass is 32.1. The molecule has 0 aliphatic carbocycles. The molecule has 5 nitrogen and oxygen atoms in total. The number of phenolic OH excluding ortho intramolecular Hbond substituents is 1. The van der Waals surface area contributed by atoms with Gasteiger partial charge >= 0.3 is 0 Å². The fourth-order valence-electron chi connectivity index (χ4n) is 4.13. The van der Waals surface area contributed by atoms with Gasteiger partial charge in [0, 0.05) is 48.0 Å². The number of aromatic amines is 1. The number of fused-ring (bicyclic) bond motifs is 3. The molecule has 0 fully saturated rings. The Hall–Kier alpha value is -2.15. The van der Waals surface area contributed by atoms with E-state index < -0.39 is 0 Å². The van der Waals surface area contributed by atoms with Crippen LogP contribution in [0.4, 0.5) is 0 Å². The van der Waals surface area contributed by atoms with Crippen LogP contribution in [0, 0.1) is 0 Å². The molecule has 3 heterocycles. The number of nitrogens with zero attached hydrogens (tertiary/aromatic N) is 2. The van der Waals surface area contributed by atoms with Gasteiger partial charge in [0.25, 0.3) is 5.56 Å². The lowest BCUT2D eigenvalue weighted by molar-refractivity contribution is 0.227. The monoisotopic (exact) mass is 397 g/mol. The minimum Gasteiger partial charge on any atom is -0.507 e. The van der Waals surface area contributed by atoms with E-state index >= 15 is 0 Å². The molecule has 2 N–H and O–H groups in total. The number of H-pyrrole nitrogens is 1. The highest BCUT2D eigenvalue weighted by Crippen LogP contribution is 2.38. The lowest BCUT2D eigenvalue weighted by atomic mass is 9.93. The molecule has 3 aromatic rings. The quantitative estimate of drug-likeness (QED) is 0.663. The van der Waals surface area contributed by atoms with Crippen molar-refractivity contribution in [2.24, 2.45) is 0 Å². The van der Waals surface area contributed by atoms with E-state index in [9.17, 15) is 9.90 Å². The van der Waals surface area contributed by atoms with Gasteiger partial charge in [0.05, 0.1) is 0 Å². The number of nitrogens with one attached hydrogen (secondary N) is 1. The number of aromatic hydroxyl groups is 1. The van der Waals surface area contributed by atoms with Crippen LogP contribution in [0.1, 0.15) is 25.8 Å². The largest absolute Gasteiger partial charge is 0.507 e. The van der Waals surface area contributed by atoms with Gasteiger partial charge in [-0.2, -0.15) is 0 Å². The Morgan fingerprint density at radius 1 is 1.25 bits per heavy atom. The summed E-state index contributed by atoms with van der Waals surface area (Å²) in [7, 11) is 0. The first-order valence-corrected chi connectivity index (χ1v) is 10.9. The second kappa shape index (κ2) is 8.07. The summed E-state index contributed by atoms with van der Waals surface area (Å²) in [6.45, 7) is 10.6. The average molecular weight is 398 g/mol. The zero-order valence-electron chi connectivity index (χ0n) is 16.5. The predicted octanol–water partition coefficient (Wildman–Crippen LogP) is 3.88. The Labute approximate surface area is 168 Å². The molecular weight excluding hydrogens is 370 g/mol. The van der Waals surface area contributed by atoms with Gasteiger partial charge < -0.3 is 15.0 Å². The summed E-state index contributed by atoms with van der Waals surface area (Å²) < 4.78 is 0.719. The molecule has 1 aliphatic heterocycles. The van der Waals surface area contributed by atoms with Crippen LogP contribution in [0.25, 0.3) is 26.6 Å². The number of phenols is 1. The SMILES string of the molecule is CCN(CC)CCN1CC=C(c2c(O)ccc3[nH]c(=O)c4sccc4c23)CC1. The van der Waals surface area contributed by atoms with Gasteiger partial charge in [-0.1, -0.05) is 19.9 Å². The molecule has 0 amide bonds. The molecule has 28 heavy (non-hydrogen) atoms. The van der Waals surface area contributed by atoms with E-state index in [1.54, 1.807) is 12.1 Å². The minimum atomic E-state index is -0.0608. The normalized spacial score (nSPS) is 15.6. The van der Waals surface area contributed by atoms with Crippen molar-refractivity contribution in [3.05, 3.63) is 45.6 Å². The second-order valence-electron chi connectivity index (χ2n) is 7.31. The molecule has 0 unspecified atom stereocenters. The van der Waals surface area contributed by atoms with E-state index in [1.165, 1.54) is 16.9 Å². The van der Waals surface area contributed by atoms with Crippen molar-refractivity contribution in [2.45, 2.75) is 20.3 Å². The standard InChI is InChI=1S/C22H27N3O2S/c1-3-24(4-2)12-13-25-10-7-15(8-11-25)19-18(26)6-5-17-20(19)16-9-14-28-21(16)22(27)23-17/h5-7,9,14,26H,3-4,8,10-13H2,1-2H3,(H,23,27). The third-order valence-electron chi connectivity index (χ3n) is 5.81. The number of rotatable bonds is 6. The van der Waals surface area contributed by atoms with Crippen molar-refractivity contribution in [1.82, 2.24) is 14.8 Å². The molecule has 0 radical (unpaired) electrons. The first kappa shape index (κ1) is 19.2. The predicted molar refractivity (Wildman–Crippen MR) is 118 cm³/mol. The third-order valence-corrected chi connectivity index (χ3v) is 6.73. The molecule has 0 saturated heterocycles. The molecule has 0 atom stereocenters. The number of likely N-dealkylation sites (N-methyl/N-ethyl adjacent to an activating group) is 1. The summed E-state index contributed by atoms with van der Waals surface area (Å²) in [5.41, 5.74) is 2.77.